The quantitative estimate of drug-likeness (QED) is 0.485. The third-order valence-electron chi connectivity index (χ3n) is 6.07. The topological polar surface area (TPSA) is 97.5 Å². The van der Waals surface area contributed by atoms with Crippen LogP contribution in [0.3, 0.4) is 0 Å². The maximum absolute atomic E-state index is 14.2. The highest BCUT2D eigenvalue weighted by atomic mass is 19.1. The first kappa shape index (κ1) is 21.5. The van der Waals surface area contributed by atoms with Gasteiger partial charge in [0, 0.05) is 42.2 Å². The summed E-state index contributed by atoms with van der Waals surface area (Å²) in [6, 6.07) is 11.1. The summed E-state index contributed by atoms with van der Waals surface area (Å²) in [5.41, 5.74) is 1.34. The van der Waals surface area contributed by atoms with Crippen molar-refractivity contribution in [1.29, 1.82) is 0 Å². The number of rotatable bonds is 5. The van der Waals surface area contributed by atoms with Gasteiger partial charge in [0.1, 0.15) is 17.6 Å². The second kappa shape index (κ2) is 8.41. The summed E-state index contributed by atoms with van der Waals surface area (Å²) in [4.78, 5) is 38.2. The summed E-state index contributed by atoms with van der Waals surface area (Å²) in [6.45, 7) is 2.26. The van der Waals surface area contributed by atoms with Crippen molar-refractivity contribution in [3.63, 3.8) is 0 Å². The molecule has 0 saturated carbocycles. The largest absolute Gasteiger partial charge is 0.340 e. The number of likely N-dealkylation sites (tertiary alicyclic amines) is 1. The molecule has 2 unspecified atom stereocenters. The van der Waals surface area contributed by atoms with Crippen molar-refractivity contribution in [3.8, 4) is 0 Å². The third-order valence-corrected chi connectivity index (χ3v) is 6.07. The van der Waals surface area contributed by atoms with Crippen molar-refractivity contribution in [2.24, 2.45) is 7.05 Å². The van der Waals surface area contributed by atoms with Crippen molar-refractivity contribution in [1.82, 2.24) is 14.8 Å². The number of halogens is 1. The molecule has 2 aromatic carbocycles. The number of nitrogens with one attached hydrogen (secondary N) is 1. The van der Waals surface area contributed by atoms with Crippen LogP contribution in [0.1, 0.15) is 41.9 Å². The van der Waals surface area contributed by atoms with E-state index < -0.39 is 22.9 Å². The lowest BCUT2D eigenvalue weighted by Crippen LogP contribution is -2.53. The summed E-state index contributed by atoms with van der Waals surface area (Å²) in [7, 11) is 1.69. The first-order valence-corrected chi connectivity index (χ1v) is 10.4. The number of non-ortho nitro benzene ring substituents is 1. The molecule has 0 spiro atoms. The van der Waals surface area contributed by atoms with Gasteiger partial charge in [-0.05, 0) is 38.0 Å². The number of aryl methyl sites for hydroxylation is 1. The molecule has 0 radical (unpaired) electrons. The molecule has 1 aromatic heterocycles. The van der Waals surface area contributed by atoms with Crippen LogP contribution in [0.15, 0.2) is 48.5 Å². The van der Waals surface area contributed by atoms with Gasteiger partial charge >= 0.3 is 0 Å². The molecule has 2 heterocycles. The lowest BCUT2D eigenvalue weighted by molar-refractivity contribution is -0.384. The monoisotopic (exact) mass is 438 g/mol. The van der Waals surface area contributed by atoms with Crippen LogP contribution in [0.4, 0.5) is 10.1 Å². The Morgan fingerprint density at radius 1 is 1.25 bits per heavy atom. The highest BCUT2D eigenvalue weighted by molar-refractivity contribution is 6.01. The predicted molar refractivity (Wildman–Crippen MR) is 117 cm³/mol. The number of nitro groups is 1. The molecule has 1 fully saturated rings. The van der Waals surface area contributed by atoms with Crippen molar-refractivity contribution in [3.05, 3.63) is 75.7 Å². The van der Waals surface area contributed by atoms with Gasteiger partial charge in [-0.2, -0.15) is 0 Å². The van der Waals surface area contributed by atoms with E-state index in [1.54, 1.807) is 53.8 Å². The van der Waals surface area contributed by atoms with Crippen LogP contribution in [0, 0.1) is 15.9 Å². The molecule has 32 heavy (non-hydrogen) atoms. The number of amides is 2. The number of nitro benzene ring substituents is 1. The number of piperidine rings is 1. The summed E-state index contributed by atoms with van der Waals surface area (Å²) in [6.07, 6.45) is 1.16. The van der Waals surface area contributed by atoms with Gasteiger partial charge < -0.3 is 14.8 Å². The number of fused-ring (bicyclic) bond motifs is 1. The van der Waals surface area contributed by atoms with Crippen LogP contribution < -0.4 is 5.32 Å². The number of benzene rings is 2. The van der Waals surface area contributed by atoms with E-state index in [4.69, 9.17) is 0 Å². The summed E-state index contributed by atoms with van der Waals surface area (Å²) < 4.78 is 15.9. The molecule has 2 amide bonds. The first-order valence-electron chi connectivity index (χ1n) is 10.4. The van der Waals surface area contributed by atoms with Crippen LogP contribution in [-0.4, -0.2) is 38.8 Å². The molecule has 166 valence electrons. The molecule has 8 nitrogen and oxygen atoms in total. The van der Waals surface area contributed by atoms with E-state index in [-0.39, 0.29) is 17.4 Å². The summed E-state index contributed by atoms with van der Waals surface area (Å²) >= 11 is 0. The summed E-state index contributed by atoms with van der Waals surface area (Å²) in [5, 5.41) is 14.4. The third kappa shape index (κ3) is 3.81. The number of aromatic nitrogens is 1. The number of hydrogen-bond acceptors (Lipinski definition) is 4. The van der Waals surface area contributed by atoms with E-state index in [2.05, 4.69) is 5.32 Å². The molecule has 2 atom stereocenters. The van der Waals surface area contributed by atoms with Crippen molar-refractivity contribution < 1.29 is 18.9 Å². The molecule has 1 saturated heterocycles. The lowest BCUT2D eigenvalue weighted by Gasteiger charge is -2.37. The van der Waals surface area contributed by atoms with E-state index in [0.717, 1.165) is 0 Å². The zero-order valence-corrected chi connectivity index (χ0v) is 17.7. The Balaban J connectivity index is 1.54. The second-order valence-corrected chi connectivity index (χ2v) is 7.99. The molecule has 0 bridgehead atoms. The van der Waals surface area contributed by atoms with Crippen LogP contribution >= 0.6 is 0 Å². The fourth-order valence-electron chi connectivity index (χ4n) is 4.30. The Morgan fingerprint density at radius 2 is 2.00 bits per heavy atom. The number of hydrogen-bond donors (Lipinski definition) is 1. The van der Waals surface area contributed by atoms with Gasteiger partial charge in [-0.3, -0.25) is 19.7 Å². The Labute approximate surface area is 183 Å². The Bertz CT molecular complexity index is 1220. The van der Waals surface area contributed by atoms with E-state index in [1.165, 1.54) is 18.2 Å². The van der Waals surface area contributed by atoms with Gasteiger partial charge in [-0.15, -0.1) is 0 Å². The van der Waals surface area contributed by atoms with Crippen LogP contribution in [0.2, 0.25) is 0 Å². The van der Waals surface area contributed by atoms with E-state index in [1.807, 2.05) is 0 Å². The lowest BCUT2D eigenvalue weighted by atomic mass is 9.99. The molecule has 1 aliphatic rings. The molecule has 0 aliphatic carbocycles. The molecule has 9 heteroatoms. The fraction of sp³-hybridized carbons (Fsp3) is 0.304. The second-order valence-electron chi connectivity index (χ2n) is 7.99. The Hall–Kier alpha value is -3.75. The van der Waals surface area contributed by atoms with Crippen LogP contribution in [0.25, 0.3) is 10.9 Å². The Morgan fingerprint density at radius 3 is 2.72 bits per heavy atom. The van der Waals surface area contributed by atoms with Gasteiger partial charge in [0.2, 0.25) is 5.91 Å². The minimum Gasteiger partial charge on any atom is -0.340 e. The van der Waals surface area contributed by atoms with Gasteiger partial charge in [0.05, 0.1) is 11.0 Å². The SMILES string of the molecule is CC(c1ccccc1F)N1CCCC(NC(=O)c2cc3cc([N+](=O)[O-])ccc3n2C)C1=O. The van der Waals surface area contributed by atoms with Gasteiger partial charge in [0.15, 0.2) is 0 Å². The van der Waals surface area contributed by atoms with Gasteiger partial charge in [0.25, 0.3) is 11.6 Å². The smallest absolute Gasteiger partial charge is 0.270 e. The van der Waals surface area contributed by atoms with Crippen LogP contribution in [0.5, 0.6) is 0 Å². The maximum atomic E-state index is 14.2. The van der Waals surface area contributed by atoms with E-state index >= 15 is 0 Å². The van der Waals surface area contributed by atoms with Crippen molar-refractivity contribution >= 4 is 28.4 Å². The highest BCUT2D eigenvalue weighted by Gasteiger charge is 2.34. The van der Waals surface area contributed by atoms with E-state index in [0.29, 0.717) is 41.5 Å². The molecule has 4 rings (SSSR count). The zero-order chi connectivity index (χ0) is 23.0. The zero-order valence-electron chi connectivity index (χ0n) is 17.7. The normalized spacial score (nSPS) is 17.4. The fourth-order valence-corrected chi connectivity index (χ4v) is 4.30. The maximum Gasteiger partial charge on any atom is 0.270 e. The molecular weight excluding hydrogens is 415 g/mol. The molecule has 3 aromatic rings. The summed E-state index contributed by atoms with van der Waals surface area (Å²) in [5.74, 6) is -1.07. The number of carbonyl (C=O) groups is 2. The van der Waals surface area contributed by atoms with Gasteiger partial charge in [-0.25, -0.2) is 4.39 Å². The van der Waals surface area contributed by atoms with Crippen molar-refractivity contribution in [2.75, 3.05) is 6.54 Å². The van der Waals surface area contributed by atoms with Gasteiger partial charge in [-0.1, -0.05) is 18.2 Å². The average Bonchev–Trinajstić information content (AvgIpc) is 3.11. The van der Waals surface area contributed by atoms with Crippen molar-refractivity contribution in [2.45, 2.75) is 31.8 Å². The molecule has 1 N–H and O–H groups in total. The predicted octanol–water partition coefficient (Wildman–Crippen LogP) is 3.71. The van der Waals surface area contributed by atoms with Crippen LogP contribution in [-0.2, 0) is 11.8 Å². The minimum absolute atomic E-state index is 0.0599. The van der Waals surface area contributed by atoms with E-state index in [9.17, 15) is 24.1 Å². The average molecular weight is 438 g/mol. The Kier molecular flexibility index (Phi) is 5.65. The first-order chi connectivity index (χ1) is 15.3. The molecular formula is C23H23FN4O4. The minimum atomic E-state index is -0.724. The number of carbonyl (C=O) groups excluding carboxylic acids is 2. The standard InChI is InChI=1S/C23H23FN4O4/c1-14(17-6-3-4-7-18(17)24)27-11-5-8-19(23(27)30)25-22(29)21-13-15-12-16(28(31)32)9-10-20(15)26(21)2/h3-4,6-7,9-10,12-14,19H,5,8,11H2,1-2H3,(H,25,29). The highest BCUT2D eigenvalue weighted by Crippen LogP contribution is 2.28. The molecule has 1 aliphatic heterocycles. The number of nitrogens with zero attached hydrogens (tertiary/aromatic N) is 3.